The minimum absolute atomic E-state index is 0.0628. The summed E-state index contributed by atoms with van der Waals surface area (Å²) in [5.74, 6) is -1.74. The first-order valence-corrected chi connectivity index (χ1v) is 6.16. The van der Waals surface area contributed by atoms with E-state index in [-0.39, 0.29) is 19.4 Å². The van der Waals surface area contributed by atoms with Crippen molar-refractivity contribution >= 4 is 11.9 Å². The number of aliphatic hydroxyl groups excluding tert-OH is 2. The zero-order valence-electron chi connectivity index (χ0n) is 10.8. The van der Waals surface area contributed by atoms with Crippen LogP contribution < -0.4 is 0 Å². The van der Waals surface area contributed by atoms with Gasteiger partial charge in [-0.1, -0.05) is 19.8 Å². The Morgan fingerprint density at radius 1 is 1.00 bits per heavy atom. The second-order valence-corrected chi connectivity index (χ2v) is 3.97. The molecular formula is C12H24O6. The van der Waals surface area contributed by atoms with E-state index in [0.717, 1.165) is 19.3 Å². The summed E-state index contributed by atoms with van der Waals surface area (Å²) in [5.41, 5.74) is 0. The average molecular weight is 264 g/mol. The quantitative estimate of drug-likeness (QED) is 0.466. The van der Waals surface area contributed by atoms with Gasteiger partial charge < -0.3 is 20.4 Å². The van der Waals surface area contributed by atoms with Crippen LogP contribution in [0.3, 0.4) is 0 Å². The number of rotatable bonds is 9. The summed E-state index contributed by atoms with van der Waals surface area (Å²) in [6, 6.07) is 0. The molecule has 0 amide bonds. The Morgan fingerprint density at radius 3 is 1.72 bits per heavy atom. The average Bonchev–Trinajstić information content (AvgIpc) is 2.32. The third-order valence-corrected chi connectivity index (χ3v) is 2.13. The molecule has 0 aromatic heterocycles. The zero-order valence-corrected chi connectivity index (χ0v) is 10.8. The molecule has 0 fully saturated rings. The van der Waals surface area contributed by atoms with Crippen LogP contribution in [0.2, 0.25) is 0 Å². The highest BCUT2D eigenvalue weighted by atomic mass is 16.4. The van der Waals surface area contributed by atoms with Crippen LogP contribution >= 0.6 is 0 Å². The standard InChI is InChI=1S/C6H10O4.C6H14O2/c7-5(8)3-1-2-4-6(9)10;1-2-3-4-6(8)5-7/h1-4H2,(H,7,8)(H,9,10);6-8H,2-5H2,1H3. The van der Waals surface area contributed by atoms with Crippen LogP contribution in [0.25, 0.3) is 0 Å². The second-order valence-electron chi connectivity index (χ2n) is 3.97. The first-order chi connectivity index (χ1) is 8.43. The van der Waals surface area contributed by atoms with Crippen molar-refractivity contribution < 1.29 is 30.0 Å². The molecule has 1 unspecified atom stereocenters. The highest BCUT2D eigenvalue weighted by Gasteiger charge is 1.99. The smallest absolute Gasteiger partial charge is 0.303 e. The Kier molecular flexibility index (Phi) is 14.9. The normalized spacial score (nSPS) is 11.3. The molecule has 0 saturated heterocycles. The fourth-order valence-corrected chi connectivity index (χ4v) is 1.08. The SMILES string of the molecule is CCCCC(O)CO.O=C(O)CCCCC(=O)O. The van der Waals surface area contributed by atoms with Crippen LogP contribution in [0.5, 0.6) is 0 Å². The summed E-state index contributed by atoms with van der Waals surface area (Å²) in [4.78, 5) is 19.8. The molecule has 0 bridgehead atoms. The predicted octanol–water partition coefficient (Wildman–Crippen LogP) is 1.25. The fourth-order valence-electron chi connectivity index (χ4n) is 1.08. The van der Waals surface area contributed by atoms with Gasteiger partial charge >= 0.3 is 11.9 Å². The molecule has 0 aliphatic heterocycles. The van der Waals surface area contributed by atoms with Gasteiger partial charge in [0.05, 0.1) is 12.7 Å². The minimum atomic E-state index is -0.870. The molecule has 4 N–H and O–H groups in total. The van der Waals surface area contributed by atoms with Crippen molar-refractivity contribution in [3.05, 3.63) is 0 Å². The van der Waals surface area contributed by atoms with Crippen LogP contribution in [0.1, 0.15) is 51.9 Å². The van der Waals surface area contributed by atoms with Gasteiger partial charge in [-0.2, -0.15) is 0 Å². The molecule has 18 heavy (non-hydrogen) atoms. The van der Waals surface area contributed by atoms with Crippen molar-refractivity contribution in [2.24, 2.45) is 0 Å². The molecule has 0 aliphatic rings. The van der Waals surface area contributed by atoms with Gasteiger partial charge in [-0.05, 0) is 19.3 Å². The maximum atomic E-state index is 9.90. The maximum absolute atomic E-state index is 9.90. The van der Waals surface area contributed by atoms with Crippen molar-refractivity contribution in [3.63, 3.8) is 0 Å². The largest absolute Gasteiger partial charge is 0.481 e. The lowest BCUT2D eigenvalue weighted by Gasteiger charge is -2.02. The number of hydrogen-bond acceptors (Lipinski definition) is 4. The lowest BCUT2D eigenvalue weighted by molar-refractivity contribution is -0.139. The molecular weight excluding hydrogens is 240 g/mol. The van der Waals surface area contributed by atoms with E-state index >= 15 is 0 Å². The Bertz CT molecular complexity index is 201. The third-order valence-electron chi connectivity index (χ3n) is 2.13. The Balaban J connectivity index is 0. The van der Waals surface area contributed by atoms with Gasteiger partial charge in [0, 0.05) is 12.8 Å². The molecule has 0 saturated carbocycles. The molecule has 0 spiro atoms. The van der Waals surface area contributed by atoms with Gasteiger partial charge in [0.1, 0.15) is 0 Å². The van der Waals surface area contributed by atoms with Crippen molar-refractivity contribution in [1.82, 2.24) is 0 Å². The Labute approximate surface area is 107 Å². The number of carbonyl (C=O) groups is 2. The third kappa shape index (κ3) is 20.3. The van der Waals surface area contributed by atoms with Crippen LogP contribution in [0.15, 0.2) is 0 Å². The number of unbranched alkanes of at least 4 members (excludes halogenated alkanes) is 2. The number of carboxylic acids is 2. The maximum Gasteiger partial charge on any atom is 0.303 e. The number of hydrogen-bond donors (Lipinski definition) is 4. The molecule has 0 aromatic carbocycles. The van der Waals surface area contributed by atoms with E-state index < -0.39 is 18.0 Å². The first kappa shape index (κ1) is 19.2. The highest BCUT2D eigenvalue weighted by Crippen LogP contribution is 1.99. The van der Waals surface area contributed by atoms with Crippen molar-refractivity contribution in [2.75, 3.05) is 6.61 Å². The summed E-state index contributed by atoms with van der Waals surface area (Å²) in [5, 5.41) is 33.3. The van der Waals surface area contributed by atoms with Crippen LogP contribution in [0, 0.1) is 0 Å². The lowest BCUT2D eigenvalue weighted by Crippen LogP contribution is -2.10. The second kappa shape index (κ2) is 13.9. The minimum Gasteiger partial charge on any atom is -0.481 e. The molecule has 0 aromatic rings. The highest BCUT2D eigenvalue weighted by molar-refractivity contribution is 5.67. The first-order valence-electron chi connectivity index (χ1n) is 6.16. The lowest BCUT2D eigenvalue weighted by atomic mass is 10.2. The molecule has 0 rings (SSSR count). The van der Waals surface area contributed by atoms with Gasteiger partial charge in [-0.15, -0.1) is 0 Å². The monoisotopic (exact) mass is 264 g/mol. The summed E-state index contributed by atoms with van der Waals surface area (Å²) in [6.45, 7) is 1.96. The van der Waals surface area contributed by atoms with E-state index in [2.05, 4.69) is 6.92 Å². The van der Waals surface area contributed by atoms with Gasteiger partial charge in [-0.3, -0.25) is 9.59 Å². The van der Waals surface area contributed by atoms with Crippen LogP contribution in [-0.2, 0) is 9.59 Å². The van der Waals surface area contributed by atoms with Crippen LogP contribution in [0.4, 0.5) is 0 Å². The zero-order chi connectivity index (χ0) is 14.4. The van der Waals surface area contributed by atoms with Crippen LogP contribution in [-0.4, -0.2) is 45.1 Å². The summed E-state index contributed by atoms with van der Waals surface area (Å²) in [7, 11) is 0. The molecule has 0 radical (unpaired) electrons. The van der Waals surface area contributed by atoms with Crippen molar-refractivity contribution in [2.45, 2.75) is 58.0 Å². The van der Waals surface area contributed by atoms with Crippen molar-refractivity contribution in [3.8, 4) is 0 Å². The molecule has 0 aliphatic carbocycles. The van der Waals surface area contributed by atoms with E-state index in [0.29, 0.717) is 12.8 Å². The Morgan fingerprint density at radius 2 is 1.44 bits per heavy atom. The molecule has 1 atom stereocenters. The van der Waals surface area contributed by atoms with E-state index in [4.69, 9.17) is 20.4 Å². The number of aliphatic carboxylic acids is 2. The summed E-state index contributed by atoms with van der Waals surface area (Å²) < 4.78 is 0. The fraction of sp³-hybridized carbons (Fsp3) is 0.833. The van der Waals surface area contributed by atoms with Gasteiger partial charge in [0.15, 0.2) is 0 Å². The molecule has 6 heteroatoms. The number of carboxylic acid groups (broad SMARTS) is 2. The summed E-state index contributed by atoms with van der Waals surface area (Å²) in [6.07, 6.45) is 3.34. The number of aliphatic hydroxyl groups is 2. The Hall–Kier alpha value is -1.14. The van der Waals surface area contributed by atoms with E-state index in [1.807, 2.05) is 0 Å². The molecule has 6 nitrogen and oxygen atoms in total. The van der Waals surface area contributed by atoms with Crippen molar-refractivity contribution in [1.29, 1.82) is 0 Å². The van der Waals surface area contributed by atoms with Gasteiger partial charge in [0.2, 0.25) is 0 Å². The molecule has 108 valence electrons. The van der Waals surface area contributed by atoms with E-state index in [1.165, 1.54) is 0 Å². The summed E-state index contributed by atoms with van der Waals surface area (Å²) >= 11 is 0. The molecule has 0 heterocycles. The predicted molar refractivity (Wildman–Crippen MR) is 66.4 cm³/mol. The van der Waals surface area contributed by atoms with E-state index in [9.17, 15) is 9.59 Å². The van der Waals surface area contributed by atoms with E-state index in [1.54, 1.807) is 0 Å². The topological polar surface area (TPSA) is 115 Å². The van der Waals surface area contributed by atoms with Gasteiger partial charge in [0.25, 0.3) is 0 Å². The van der Waals surface area contributed by atoms with Gasteiger partial charge in [-0.25, -0.2) is 0 Å².